The van der Waals surface area contributed by atoms with Gasteiger partial charge in [0, 0.05) is 31.2 Å². The summed E-state index contributed by atoms with van der Waals surface area (Å²) in [5, 5.41) is 26.2. The number of carboxylic acid groups (broad SMARTS) is 2. The smallest absolute Gasteiger partial charge is 0.326 e. The molecular weight excluding hydrogens is 522 g/mol. The van der Waals surface area contributed by atoms with Crippen molar-refractivity contribution in [2.24, 2.45) is 11.5 Å². The Kier molecular flexibility index (Phi) is 13.3. The zero-order valence-corrected chi connectivity index (χ0v) is 22.0. The van der Waals surface area contributed by atoms with Gasteiger partial charge in [-0.05, 0) is 31.4 Å². The second-order valence-electron chi connectivity index (χ2n) is 9.32. The summed E-state index contributed by atoms with van der Waals surface area (Å²) < 4.78 is 0. The monoisotopic (exact) mass is 559 g/mol. The van der Waals surface area contributed by atoms with Crippen LogP contribution in [0.15, 0.2) is 42.9 Å². The van der Waals surface area contributed by atoms with Gasteiger partial charge >= 0.3 is 11.9 Å². The maximum absolute atomic E-state index is 13.4. The van der Waals surface area contributed by atoms with Crippen LogP contribution in [-0.4, -0.2) is 80.6 Å². The molecule has 1 heterocycles. The summed E-state index contributed by atoms with van der Waals surface area (Å²) in [7, 11) is 0. The van der Waals surface area contributed by atoms with Gasteiger partial charge in [-0.1, -0.05) is 36.8 Å². The van der Waals surface area contributed by atoms with Gasteiger partial charge in [-0.25, -0.2) is 9.78 Å². The third kappa shape index (κ3) is 11.2. The first-order valence-corrected chi connectivity index (χ1v) is 12.9. The highest BCUT2D eigenvalue weighted by Crippen LogP contribution is 2.08. The maximum atomic E-state index is 13.4. The summed E-state index contributed by atoms with van der Waals surface area (Å²) in [5.41, 5.74) is 12.7. The summed E-state index contributed by atoms with van der Waals surface area (Å²) in [6.45, 7) is 0.456. The van der Waals surface area contributed by atoms with E-state index in [1.165, 1.54) is 12.5 Å². The number of aromatic amines is 1. The molecule has 40 heavy (non-hydrogen) atoms. The Bertz CT molecular complexity index is 1110. The zero-order chi connectivity index (χ0) is 29.5. The van der Waals surface area contributed by atoms with E-state index >= 15 is 0 Å². The number of carbonyl (C=O) groups is 5. The molecule has 2 rings (SSSR count). The quantitative estimate of drug-likeness (QED) is 0.104. The Balaban J connectivity index is 2.20. The molecule has 3 amide bonds. The number of carbonyl (C=O) groups excluding carboxylic acids is 3. The highest BCUT2D eigenvalue weighted by Gasteiger charge is 2.31. The lowest BCUT2D eigenvalue weighted by atomic mass is 10.0. The van der Waals surface area contributed by atoms with Crippen molar-refractivity contribution in [3.63, 3.8) is 0 Å². The largest absolute Gasteiger partial charge is 0.481 e. The molecule has 2 aromatic rings. The number of amides is 3. The fraction of sp³-hybridized carbons (Fsp3) is 0.462. The fourth-order valence-corrected chi connectivity index (χ4v) is 3.88. The Labute approximate surface area is 231 Å². The van der Waals surface area contributed by atoms with Crippen molar-refractivity contribution in [2.45, 2.75) is 69.1 Å². The van der Waals surface area contributed by atoms with Crippen LogP contribution in [0.4, 0.5) is 0 Å². The maximum Gasteiger partial charge on any atom is 0.326 e. The summed E-state index contributed by atoms with van der Waals surface area (Å²) in [6.07, 6.45) is 3.61. The first kappa shape index (κ1) is 31.9. The number of benzene rings is 1. The molecule has 218 valence electrons. The number of nitrogens with one attached hydrogen (secondary N) is 4. The van der Waals surface area contributed by atoms with E-state index in [4.69, 9.17) is 16.6 Å². The van der Waals surface area contributed by atoms with Crippen molar-refractivity contribution in [1.82, 2.24) is 25.9 Å². The molecule has 1 aromatic carbocycles. The zero-order valence-electron chi connectivity index (χ0n) is 22.0. The van der Waals surface area contributed by atoms with E-state index in [1.807, 2.05) is 0 Å². The summed E-state index contributed by atoms with van der Waals surface area (Å²) in [4.78, 5) is 68.8. The summed E-state index contributed by atoms with van der Waals surface area (Å²) >= 11 is 0. The molecule has 0 radical (unpaired) electrons. The van der Waals surface area contributed by atoms with Crippen LogP contribution in [0.3, 0.4) is 0 Å². The molecule has 0 aliphatic heterocycles. The minimum absolute atomic E-state index is 0.0682. The summed E-state index contributed by atoms with van der Waals surface area (Å²) in [5.74, 6) is -4.74. The van der Waals surface area contributed by atoms with E-state index in [9.17, 15) is 29.1 Å². The lowest BCUT2D eigenvalue weighted by Gasteiger charge is -2.25. The molecule has 0 bridgehead atoms. The van der Waals surface area contributed by atoms with E-state index in [0.717, 1.165) is 5.56 Å². The average molecular weight is 560 g/mol. The number of rotatable bonds is 18. The molecule has 0 fully saturated rings. The Morgan fingerprint density at radius 2 is 1.50 bits per heavy atom. The molecule has 4 atom stereocenters. The lowest BCUT2D eigenvalue weighted by molar-refractivity contribution is -0.143. The second-order valence-corrected chi connectivity index (χ2v) is 9.32. The number of H-pyrrole nitrogens is 1. The highest BCUT2D eigenvalue weighted by atomic mass is 16.4. The predicted molar refractivity (Wildman–Crippen MR) is 144 cm³/mol. The molecule has 14 heteroatoms. The van der Waals surface area contributed by atoms with Crippen LogP contribution in [0.25, 0.3) is 0 Å². The number of nitrogens with zero attached hydrogens (tertiary/aromatic N) is 1. The minimum Gasteiger partial charge on any atom is -0.481 e. The van der Waals surface area contributed by atoms with Gasteiger partial charge < -0.3 is 42.6 Å². The van der Waals surface area contributed by atoms with E-state index in [0.29, 0.717) is 31.5 Å². The Morgan fingerprint density at radius 1 is 0.850 bits per heavy atom. The second kappa shape index (κ2) is 16.6. The number of imidazole rings is 1. The SMILES string of the molecule is NCCCCC(N)C(=O)NC(Cc1ccccc1)C(=O)NC(CCC(=O)O)C(=O)NC(Cc1cnc[nH]1)C(=O)O. The van der Waals surface area contributed by atoms with Gasteiger partial charge in [0.25, 0.3) is 0 Å². The van der Waals surface area contributed by atoms with E-state index in [2.05, 4.69) is 25.9 Å². The Morgan fingerprint density at radius 3 is 2.10 bits per heavy atom. The van der Waals surface area contributed by atoms with Gasteiger partial charge in [0.05, 0.1) is 12.4 Å². The van der Waals surface area contributed by atoms with E-state index in [1.54, 1.807) is 30.3 Å². The molecule has 14 nitrogen and oxygen atoms in total. The van der Waals surface area contributed by atoms with Crippen LogP contribution in [0.5, 0.6) is 0 Å². The number of aromatic nitrogens is 2. The third-order valence-corrected chi connectivity index (χ3v) is 6.09. The van der Waals surface area contributed by atoms with Crippen molar-refractivity contribution in [1.29, 1.82) is 0 Å². The van der Waals surface area contributed by atoms with Crippen LogP contribution in [-0.2, 0) is 36.8 Å². The highest BCUT2D eigenvalue weighted by molar-refractivity contribution is 5.94. The van der Waals surface area contributed by atoms with Gasteiger partial charge in [-0.15, -0.1) is 0 Å². The molecule has 0 aliphatic rings. The van der Waals surface area contributed by atoms with Crippen molar-refractivity contribution in [3.8, 4) is 0 Å². The standard InChI is InChI=1S/C26H37N7O7/c27-11-5-4-8-18(28)23(36)32-20(12-16-6-2-1-3-7-16)25(38)31-19(9-10-22(34)35)24(37)33-21(26(39)40)13-17-14-29-15-30-17/h1-3,6-7,14-15,18-21H,4-5,8-13,27-28H2,(H,29,30)(H,31,38)(H,32,36)(H,33,37)(H,34,35)(H,39,40). The normalized spacial score (nSPS) is 13.8. The average Bonchev–Trinajstić information content (AvgIpc) is 3.43. The lowest BCUT2D eigenvalue weighted by Crippen LogP contribution is -2.57. The van der Waals surface area contributed by atoms with E-state index in [-0.39, 0.29) is 19.3 Å². The van der Waals surface area contributed by atoms with Crippen LogP contribution in [0.2, 0.25) is 0 Å². The van der Waals surface area contributed by atoms with Crippen molar-refractivity contribution < 1.29 is 34.2 Å². The topological polar surface area (TPSA) is 243 Å². The van der Waals surface area contributed by atoms with Crippen molar-refractivity contribution >= 4 is 29.7 Å². The molecule has 0 aliphatic carbocycles. The molecule has 10 N–H and O–H groups in total. The molecule has 4 unspecified atom stereocenters. The number of hydrogen-bond donors (Lipinski definition) is 8. The number of nitrogens with two attached hydrogens (primary N) is 2. The number of hydrogen-bond acceptors (Lipinski definition) is 8. The number of unbranched alkanes of at least 4 members (excludes halogenated alkanes) is 1. The van der Waals surface area contributed by atoms with Crippen LogP contribution in [0.1, 0.15) is 43.4 Å². The van der Waals surface area contributed by atoms with Gasteiger partial charge in [-0.2, -0.15) is 0 Å². The van der Waals surface area contributed by atoms with Gasteiger partial charge in [0.15, 0.2) is 0 Å². The van der Waals surface area contributed by atoms with Gasteiger partial charge in [0.2, 0.25) is 17.7 Å². The number of carboxylic acids is 2. The van der Waals surface area contributed by atoms with Crippen LogP contribution in [0, 0.1) is 0 Å². The first-order valence-electron chi connectivity index (χ1n) is 12.9. The summed E-state index contributed by atoms with van der Waals surface area (Å²) in [6, 6.07) is 4.05. The van der Waals surface area contributed by atoms with Gasteiger partial charge in [-0.3, -0.25) is 19.2 Å². The predicted octanol–water partition coefficient (Wildman–Crippen LogP) is -0.945. The van der Waals surface area contributed by atoms with Gasteiger partial charge in [0.1, 0.15) is 18.1 Å². The first-order chi connectivity index (χ1) is 19.1. The van der Waals surface area contributed by atoms with E-state index < -0.39 is 60.2 Å². The Hall–Kier alpha value is -4.30. The molecular formula is C26H37N7O7. The molecule has 0 spiro atoms. The third-order valence-electron chi connectivity index (χ3n) is 6.09. The molecule has 0 saturated heterocycles. The van der Waals surface area contributed by atoms with Crippen LogP contribution < -0.4 is 27.4 Å². The van der Waals surface area contributed by atoms with Crippen molar-refractivity contribution in [3.05, 3.63) is 54.1 Å². The number of aliphatic carboxylic acids is 2. The molecule has 0 saturated carbocycles. The van der Waals surface area contributed by atoms with Crippen LogP contribution >= 0.6 is 0 Å². The minimum atomic E-state index is -1.39. The molecule has 1 aromatic heterocycles. The fourth-order valence-electron chi connectivity index (χ4n) is 3.88. The van der Waals surface area contributed by atoms with Crippen molar-refractivity contribution in [2.75, 3.05) is 6.54 Å².